The fourth-order valence-corrected chi connectivity index (χ4v) is 1.65. The lowest BCUT2D eigenvalue weighted by atomic mass is 9.91. The van der Waals surface area contributed by atoms with Crippen LogP contribution in [0.4, 0.5) is 0 Å². The third kappa shape index (κ3) is 1.82. The highest BCUT2D eigenvalue weighted by molar-refractivity contribution is 5.75. The first-order chi connectivity index (χ1) is 6.54. The summed E-state index contributed by atoms with van der Waals surface area (Å²) in [6.45, 7) is 5.61. The van der Waals surface area contributed by atoms with Gasteiger partial charge in [0, 0.05) is 18.3 Å². The summed E-state index contributed by atoms with van der Waals surface area (Å²) in [5.74, 6) is -0.794. The van der Waals surface area contributed by atoms with Crippen molar-refractivity contribution in [1.82, 2.24) is 0 Å². The van der Waals surface area contributed by atoms with Gasteiger partial charge in [0.15, 0.2) is 0 Å². The van der Waals surface area contributed by atoms with Crippen LogP contribution in [0.25, 0.3) is 0 Å². The summed E-state index contributed by atoms with van der Waals surface area (Å²) in [6, 6.07) is 0. The van der Waals surface area contributed by atoms with E-state index in [0.29, 0.717) is 32.7 Å². The number of carbonyl (C=O) groups excluding carboxylic acids is 1. The van der Waals surface area contributed by atoms with Crippen molar-refractivity contribution in [1.29, 1.82) is 0 Å². The molecular weight excluding hydrogens is 184 g/mol. The van der Waals surface area contributed by atoms with E-state index in [1.807, 2.05) is 0 Å². The van der Waals surface area contributed by atoms with Crippen LogP contribution in [0.3, 0.4) is 0 Å². The Morgan fingerprint density at radius 3 is 2.14 bits per heavy atom. The maximum absolute atomic E-state index is 10.9. The summed E-state index contributed by atoms with van der Waals surface area (Å²) in [6.07, 6.45) is 0.940. The van der Waals surface area contributed by atoms with Gasteiger partial charge in [-0.25, -0.2) is 0 Å². The zero-order chi connectivity index (χ0) is 10.2. The largest absolute Gasteiger partial charge is 0.327 e. The van der Waals surface area contributed by atoms with E-state index >= 15 is 0 Å². The molecule has 2 bridgehead atoms. The lowest BCUT2D eigenvalue weighted by Crippen LogP contribution is -2.58. The molecule has 0 atom stereocenters. The Labute approximate surface area is 83.5 Å². The molecule has 0 N–H and O–H groups in total. The van der Waals surface area contributed by atoms with Crippen LogP contribution in [-0.4, -0.2) is 31.6 Å². The van der Waals surface area contributed by atoms with E-state index in [1.165, 1.54) is 0 Å². The molecule has 80 valence electrons. The molecular formula is C10H16O4. The van der Waals surface area contributed by atoms with E-state index in [2.05, 4.69) is 6.92 Å². The smallest absolute Gasteiger partial charge is 0.283 e. The third-order valence-electron chi connectivity index (χ3n) is 2.70. The lowest BCUT2D eigenvalue weighted by molar-refractivity contribution is -0.467. The van der Waals surface area contributed by atoms with Gasteiger partial charge in [0.05, 0.1) is 19.8 Å². The highest BCUT2D eigenvalue weighted by atomic mass is 16.9. The van der Waals surface area contributed by atoms with Crippen LogP contribution in [0.5, 0.6) is 0 Å². The van der Waals surface area contributed by atoms with Crippen LogP contribution in [0.1, 0.15) is 26.7 Å². The predicted molar refractivity (Wildman–Crippen MR) is 48.6 cm³/mol. The van der Waals surface area contributed by atoms with Crippen molar-refractivity contribution in [2.45, 2.75) is 32.7 Å². The SMILES string of the molecule is CC(=O)CCC12OCC(C)(CO1)CO2. The molecule has 0 radical (unpaired) electrons. The molecule has 0 aromatic heterocycles. The minimum Gasteiger partial charge on any atom is -0.327 e. The van der Waals surface area contributed by atoms with E-state index in [0.717, 1.165) is 0 Å². The lowest BCUT2D eigenvalue weighted by Gasteiger charge is -2.50. The van der Waals surface area contributed by atoms with E-state index in [4.69, 9.17) is 14.2 Å². The number of carbonyl (C=O) groups is 1. The number of rotatable bonds is 3. The van der Waals surface area contributed by atoms with Crippen LogP contribution < -0.4 is 0 Å². The normalized spacial score (nSPS) is 41.3. The molecule has 3 fully saturated rings. The fourth-order valence-electron chi connectivity index (χ4n) is 1.65. The summed E-state index contributed by atoms with van der Waals surface area (Å²) < 4.78 is 16.6. The van der Waals surface area contributed by atoms with E-state index < -0.39 is 5.97 Å². The predicted octanol–water partition coefficient (Wildman–Crippen LogP) is 1.09. The molecule has 0 amide bonds. The number of Topliss-reactive ketones (excluding diaryl/α,β-unsaturated/α-hetero) is 1. The molecule has 3 rings (SSSR count). The summed E-state index contributed by atoms with van der Waals surface area (Å²) >= 11 is 0. The number of ketones is 1. The highest BCUT2D eigenvalue weighted by Crippen LogP contribution is 2.40. The second-order valence-electron chi connectivity index (χ2n) is 4.56. The van der Waals surface area contributed by atoms with E-state index in [1.54, 1.807) is 6.92 Å². The average molecular weight is 200 g/mol. The Morgan fingerprint density at radius 1 is 1.21 bits per heavy atom. The van der Waals surface area contributed by atoms with Crippen molar-refractivity contribution < 1.29 is 19.0 Å². The molecule has 0 aromatic rings. The Hall–Kier alpha value is -0.450. The van der Waals surface area contributed by atoms with Crippen molar-refractivity contribution >= 4 is 5.78 Å². The van der Waals surface area contributed by atoms with Gasteiger partial charge in [0.25, 0.3) is 5.97 Å². The monoisotopic (exact) mass is 200 g/mol. The number of ether oxygens (including phenoxy) is 3. The molecule has 0 aromatic carbocycles. The standard InChI is InChI=1S/C10H16O4/c1-8(11)3-4-10-12-5-9(2,6-13-10)7-14-10/h3-7H2,1-2H3. The van der Waals surface area contributed by atoms with Crippen LogP contribution in [0.2, 0.25) is 0 Å². The Morgan fingerprint density at radius 2 is 1.71 bits per heavy atom. The van der Waals surface area contributed by atoms with Crippen molar-refractivity contribution in [2.75, 3.05) is 19.8 Å². The van der Waals surface area contributed by atoms with Crippen LogP contribution in [-0.2, 0) is 19.0 Å². The third-order valence-corrected chi connectivity index (χ3v) is 2.70. The summed E-state index contributed by atoms with van der Waals surface area (Å²) in [4.78, 5) is 10.9. The van der Waals surface area contributed by atoms with E-state index in [9.17, 15) is 4.79 Å². The molecule has 3 aliphatic rings. The molecule has 0 aliphatic carbocycles. The van der Waals surface area contributed by atoms with Gasteiger partial charge in [-0.1, -0.05) is 6.92 Å². The van der Waals surface area contributed by atoms with Gasteiger partial charge in [0.2, 0.25) is 0 Å². The Balaban J connectivity index is 1.95. The van der Waals surface area contributed by atoms with Gasteiger partial charge < -0.3 is 19.0 Å². The first-order valence-corrected chi connectivity index (χ1v) is 4.95. The minimum atomic E-state index is -0.927. The average Bonchev–Trinajstić information content (AvgIpc) is 2.17. The van der Waals surface area contributed by atoms with Crippen molar-refractivity contribution in [3.05, 3.63) is 0 Å². The van der Waals surface area contributed by atoms with Crippen LogP contribution >= 0.6 is 0 Å². The van der Waals surface area contributed by atoms with E-state index in [-0.39, 0.29) is 11.2 Å². The Kier molecular flexibility index (Phi) is 2.37. The minimum absolute atomic E-state index is 0.00201. The van der Waals surface area contributed by atoms with Crippen molar-refractivity contribution in [2.24, 2.45) is 5.41 Å². The first-order valence-electron chi connectivity index (χ1n) is 4.95. The zero-order valence-corrected chi connectivity index (χ0v) is 8.67. The fraction of sp³-hybridized carbons (Fsp3) is 0.900. The van der Waals surface area contributed by atoms with Crippen molar-refractivity contribution in [3.63, 3.8) is 0 Å². The molecule has 0 saturated carbocycles. The van der Waals surface area contributed by atoms with Crippen LogP contribution in [0, 0.1) is 5.41 Å². The molecule has 3 heterocycles. The second kappa shape index (κ2) is 3.29. The van der Waals surface area contributed by atoms with Crippen LogP contribution in [0.15, 0.2) is 0 Å². The zero-order valence-electron chi connectivity index (χ0n) is 8.67. The number of hydrogen-bond acceptors (Lipinski definition) is 4. The highest BCUT2D eigenvalue weighted by Gasteiger charge is 2.49. The summed E-state index contributed by atoms with van der Waals surface area (Å²) in [7, 11) is 0. The quantitative estimate of drug-likeness (QED) is 0.684. The van der Waals surface area contributed by atoms with Gasteiger partial charge in [-0.3, -0.25) is 0 Å². The van der Waals surface area contributed by atoms with Crippen molar-refractivity contribution in [3.8, 4) is 0 Å². The molecule has 4 nitrogen and oxygen atoms in total. The first kappa shape index (κ1) is 10.1. The molecule has 3 aliphatic heterocycles. The van der Waals surface area contributed by atoms with Gasteiger partial charge in [-0.15, -0.1) is 0 Å². The maximum Gasteiger partial charge on any atom is 0.283 e. The molecule has 0 unspecified atom stereocenters. The molecule has 3 saturated heterocycles. The topological polar surface area (TPSA) is 44.8 Å². The van der Waals surface area contributed by atoms with Gasteiger partial charge in [0.1, 0.15) is 5.78 Å². The molecule has 14 heavy (non-hydrogen) atoms. The molecule has 0 spiro atoms. The number of hydrogen-bond donors (Lipinski definition) is 0. The van der Waals surface area contributed by atoms with Gasteiger partial charge in [-0.05, 0) is 6.92 Å². The van der Waals surface area contributed by atoms with Gasteiger partial charge in [-0.2, -0.15) is 0 Å². The summed E-state index contributed by atoms with van der Waals surface area (Å²) in [5.41, 5.74) is -0.00201. The second-order valence-corrected chi connectivity index (χ2v) is 4.56. The number of fused-ring (bicyclic) bond motifs is 3. The van der Waals surface area contributed by atoms with Gasteiger partial charge >= 0.3 is 0 Å². The summed E-state index contributed by atoms with van der Waals surface area (Å²) in [5, 5.41) is 0. The maximum atomic E-state index is 10.9. The molecule has 4 heteroatoms. The Bertz CT molecular complexity index is 224.